The van der Waals surface area contributed by atoms with Crippen molar-refractivity contribution in [3.05, 3.63) is 86.9 Å². The van der Waals surface area contributed by atoms with Gasteiger partial charge in [0.2, 0.25) is 5.75 Å². The van der Waals surface area contributed by atoms with E-state index >= 15 is 0 Å². The van der Waals surface area contributed by atoms with Crippen LogP contribution in [0.2, 0.25) is 0 Å². The minimum atomic E-state index is -0.637. The summed E-state index contributed by atoms with van der Waals surface area (Å²) in [4.78, 5) is 14.6. The van der Waals surface area contributed by atoms with E-state index in [9.17, 15) is 15.2 Å². The van der Waals surface area contributed by atoms with Crippen molar-refractivity contribution in [1.82, 2.24) is 0 Å². The Kier molecular flexibility index (Phi) is 5.28. The molecular formula is C19H14BrN3O3. The molecule has 0 radical (unpaired) electrons. The maximum Gasteiger partial charge on any atom is 0.312 e. The highest BCUT2D eigenvalue weighted by Gasteiger charge is 2.17. The summed E-state index contributed by atoms with van der Waals surface area (Å²) in [6, 6.07) is 20.0. The van der Waals surface area contributed by atoms with Crippen molar-refractivity contribution in [2.24, 2.45) is 4.99 Å². The minimum Gasteiger partial charge on any atom is -0.502 e. The number of phenolic OH excluding ortho intramolecular Hbond substituents is 1. The van der Waals surface area contributed by atoms with E-state index in [1.54, 1.807) is 6.07 Å². The highest BCUT2D eigenvalue weighted by molar-refractivity contribution is 9.10. The molecule has 0 aromatic heterocycles. The van der Waals surface area contributed by atoms with E-state index in [1.807, 2.05) is 54.6 Å². The molecule has 0 fully saturated rings. The van der Waals surface area contributed by atoms with Crippen LogP contribution in [0.1, 0.15) is 5.56 Å². The second kappa shape index (κ2) is 7.79. The Morgan fingerprint density at radius 2 is 1.69 bits per heavy atom. The van der Waals surface area contributed by atoms with Gasteiger partial charge in [0.25, 0.3) is 0 Å². The number of para-hydroxylation sites is 1. The largest absolute Gasteiger partial charge is 0.502 e. The third-order valence-electron chi connectivity index (χ3n) is 3.56. The summed E-state index contributed by atoms with van der Waals surface area (Å²) in [5.41, 5.74) is 2.44. The van der Waals surface area contributed by atoms with Gasteiger partial charge in [0.15, 0.2) is 0 Å². The number of aliphatic imine (C=N–C) groups is 1. The Morgan fingerprint density at radius 3 is 2.35 bits per heavy atom. The number of anilines is 2. The van der Waals surface area contributed by atoms with Gasteiger partial charge in [-0.2, -0.15) is 0 Å². The van der Waals surface area contributed by atoms with Crippen LogP contribution in [0.5, 0.6) is 5.75 Å². The Bertz CT molecular complexity index is 958. The van der Waals surface area contributed by atoms with E-state index in [-0.39, 0.29) is 11.3 Å². The number of aromatic hydroxyl groups is 1. The average Bonchev–Trinajstić information content (AvgIpc) is 2.64. The molecule has 7 heteroatoms. The second-order valence-corrected chi connectivity index (χ2v) is 6.33. The minimum absolute atomic E-state index is 0.262. The zero-order valence-electron chi connectivity index (χ0n) is 13.5. The van der Waals surface area contributed by atoms with Crippen LogP contribution in [-0.2, 0) is 0 Å². The van der Waals surface area contributed by atoms with Crippen LogP contribution in [0.3, 0.4) is 0 Å². The van der Waals surface area contributed by atoms with Gasteiger partial charge < -0.3 is 10.4 Å². The van der Waals surface area contributed by atoms with E-state index in [2.05, 4.69) is 26.2 Å². The molecule has 0 amide bonds. The molecule has 0 unspecified atom stereocenters. The van der Waals surface area contributed by atoms with Crippen molar-refractivity contribution in [1.29, 1.82) is 0 Å². The van der Waals surface area contributed by atoms with Crippen LogP contribution in [0.4, 0.5) is 22.7 Å². The molecule has 130 valence electrons. The van der Waals surface area contributed by atoms with Crippen molar-refractivity contribution in [2.75, 3.05) is 5.32 Å². The predicted octanol–water partition coefficient (Wildman–Crippen LogP) is 5.56. The Hall–Kier alpha value is -3.19. The lowest BCUT2D eigenvalue weighted by atomic mass is 10.2. The van der Waals surface area contributed by atoms with Gasteiger partial charge in [0.05, 0.1) is 10.6 Å². The molecule has 26 heavy (non-hydrogen) atoms. The van der Waals surface area contributed by atoms with Crippen LogP contribution in [-0.4, -0.2) is 16.2 Å². The number of nitrogens with zero attached hydrogens (tertiary/aromatic N) is 2. The number of nitro benzene ring substituents is 1. The number of nitro groups is 1. The maximum atomic E-state index is 11.0. The summed E-state index contributed by atoms with van der Waals surface area (Å²) >= 11 is 3.20. The SMILES string of the molecule is O=[N+]([O-])c1cc(Br)cc(C=Nc2ccc(Nc3ccccc3)cc2)c1O. The number of halogens is 1. The number of nitrogens with one attached hydrogen (secondary N) is 1. The Morgan fingerprint density at radius 1 is 1.04 bits per heavy atom. The van der Waals surface area contributed by atoms with E-state index in [0.29, 0.717) is 10.2 Å². The van der Waals surface area contributed by atoms with Crippen LogP contribution in [0, 0.1) is 10.1 Å². The number of hydrogen-bond donors (Lipinski definition) is 2. The van der Waals surface area contributed by atoms with Gasteiger partial charge in [0.1, 0.15) is 0 Å². The fourth-order valence-electron chi connectivity index (χ4n) is 2.31. The van der Waals surface area contributed by atoms with Crippen molar-refractivity contribution in [2.45, 2.75) is 0 Å². The van der Waals surface area contributed by atoms with E-state index in [1.165, 1.54) is 12.3 Å². The molecule has 0 aliphatic heterocycles. The zero-order chi connectivity index (χ0) is 18.5. The van der Waals surface area contributed by atoms with Gasteiger partial charge in [-0.1, -0.05) is 34.1 Å². The van der Waals surface area contributed by atoms with Crippen molar-refractivity contribution in [3.8, 4) is 5.75 Å². The molecule has 0 saturated carbocycles. The number of phenols is 1. The van der Waals surface area contributed by atoms with E-state index in [4.69, 9.17) is 0 Å². The fourth-order valence-corrected chi connectivity index (χ4v) is 2.77. The first-order valence-electron chi connectivity index (χ1n) is 7.66. The summed E-state index contributed by atoms with van der Waals surface area (Å²) in [5.74, 6) is -0.413. The number of benzene rings is 3. The van der Waals surface area contributed by atoms with Crippen molar-refractivity contribution < 1.29 is 10.0 Å². The van der Waals surface area contributed by atoms with Crippen LogP contribution >= 0.6 is 15.9 Å². The van der Waals surface area contributed by atoms with Gasteiger partial charge in [-0.05, 0) is 42.5 Å². The first-order chi connectivity index (χ1) is 12.5. The molecule has 0 heterocycles. The quantitative estimate of drug-likeness (QED) is 0.326. The van der Waals surface area contributed by atoms with Crippen LogP contribution in [0.25, 0.3) is 0 Å². The van der Waals surface area contributed by atoms with Crippen molar-refractivity contribution in [3.63, 3.8) is 0 Å². The molecule has 0 aliphatic rings. The van der Waals surface area contributed by atoms with Crippen LogP contribution < -0.4 is 5.32 Å². The van der Waals surface area contributed by atoms with Gasteiger partial charge >= 0.3 is 5.69 Å². The molecule has 6 nitrogen and oxygen atoms in total. The molecule has 2 N–H and O–H groups in total. The van der Waals surface area contributed by atoms with Crippen LogP contribution in [0.15, 0.2) is 76.2 Å². The van der Waals surface area contributed by atoms with Gasteiger partial charge in [0, 0.05) is 33.7 Å². The molecule has 0 bridgehead atoms. The number of rotatable bonds is 5. The molecule has 3 rings (SSSR count). The third-order valence-corrected chi connectivity index (χ3v) is 4.02. The van der Waals surface area contributed by atoms with Gasteiger partial charge in [-0.3, -0.25) is 15.1 Å². The summed E-state index contributed by atoms with van der Waals surface area (Å²) in [5, 5.41) is 24.2. The Labute approximate surface area is 158 Å². The zero-order valence-corrected chi connectivity index (χ0v) is 15.1. The lowest BCUT2D eigenvalue weighted by molar-refractivity contribution is -0.385. The third kappa shape index (κ3) is 4.25. The molecule has 0 aliphatic carbocycles. The van der Waals surface area contributed by atoms with E-state index in [0.717, 1.165) is 11.4 Å². The standard InChI is InChI=1S/C19H14BrN3O3/c20-14-10-13(19(24)18(11-14)23(25)26)12-21-15-6-8-17(9-7-15)22-16-4-2-1-3-5-16/h1-12,22,24H. The molecular weight excluding hydrogens is 398 g/mol. The lowest BCUT2D eigenvalue weighted by Crippen LogP contribution is -1.92. The second-order valence-electron chi connectivity index (χ2n) is 5.42. The topological polar surface area (TPSA) is 87.8 Å². The average molecular weight is 412 g/mol. The summed E-state index contributed by atoms with van der Waals surface area (Å²) in [7, 11) is 0. The van der Waals surface area contributed by atoms with Crippen molar-refractivity contribution >= 4 is 44.9 Å². The lowest BCUT2D eigenvalue weighted by Gasteiger charge is -2.06. The summed E-state index contributed by atoms with van der Waals surface area (Å²) < 4.78 is 0.492. The molecule has 0 saturated heterocycles. The molecule has 0 spiro atoms. The maximum absolute atomic E-state index is 11.0. The Balaban J connectivity index is 1.78. The predicted molar refractivity (Wildman–Crippen MR) is 106 cm³/mol. The summed E-state index contributed by atoms with van der Waals surface area (Å²) in [6.07, 6.45) is 1.40. The normalized spacial score (nSPS) is 10.8. The van der Waals surface area contributed by atoms with E-state index < -0.39 is 10.7 Å². The first kappa shape index (κ1) is 17.6. The molecule has 3 aromatic carbocycles. The fraction of sp³-hybridized carbons (Fsp3) is 0. The van der Waals surface area contributed by atoms with Gasteiger partial charge in [-0.25, -0.2) is 0 Å². The summed E-state index contributed by atoms with van der Waals surface area (Å²) in [6.45, 7) is 0. The smallest absolute Gasteiger partial charge is 0.312 e. The first-order valence-corrected chi connectivity index (χ1v) is 8.45. The number of hydrogen-bond acceptors (Lipinski definition) is 5. The molecule has 0 atom stereocenters. The highest BCUT2D eigenvalue weighted by atomic mass is 79.9. The molecule has 3 aromatic rings. The highest BCUT2D eigenvalue weighted by Crippen LogP contribution is 2.32. The van der Waals surface area contributed by atoms with Gasteiger partial charge in [-0.15, -0.1) is 0 Å². The monoisotopic (exact) mass is 411 g/mol.